The van der Waals surface area contributed by atoms with Crippen molar-refractivity contribution in [2.75, 3.05) is 171 Å². The molecule has 0 aromatic heterocycles. The molecule has 0 aromatic carbocycles. The normalized spacial score (nSPS) is 34.3. The van der Waals surface area contributed by atoms with Gasteiger partial charge in [-0.15, -0.1) is 0 Å². The number of rotatable bonds is 6. The predicted octanol–water partition coefficient (Wildman–Crippen LogP) is 3.15. The Bertz CT molecular complexity index is 757. The van der Waals surface area contributed by atoms with Crippen LogP contribution in [0.2, 0.25) is 0 Å². The van der Waals surface area contributed by atoms with E-state index in [2.05, 4.69) is 9.80 Å². The fourth-order valence-electron chi connectivity index (χ4n) is 9.43. The molecule has 2 aliphatic heterocycles. The molecule has 2 heterocycles. The first-order valence-electron chi connectivity index (χ1n) is 19.9. The number of hydrogen-bond acceptors (Lipinski definition) is 12. The SMILES string of the molecule is C1COCCOCCN(CCC23CC4CC(C2)CC(CCN2CCOCCOCCOCCOCCOCC2)(C4)C3)CCOCCOCCO1. The Balaban J connectivity index is 1.10. The highest BCUT2D eigenvalue weighted by Gasteiger charge is 2.56. The summed E-state index contributed by atoms with van der Waals surface area (Å²) in [4.78, 5) is 5.17. The molecule has 50 heavy (non-hydrogen) atoms. The average Bonchev–Trinajstić information content (AvgIpc) is 3.10. The summed E-state index contributed by atoms with van der Waals surface area (Å²) in [5, 5.41) is 0. The smallest absolute Gasteiger partial charge is 0.0701 e. The Labute approximate surface area is 302 Å². The standard InChI is InChI=1S/C38H70N2O10/c1(3-39-5-9-41-13-17-45-21-25-49-26-22-46-18-14-42-10-6-39)37-30-35-29-36(31-37)33-38(32-35,34-37)2-4-40-7-11-43-15-19-47-23-27-50-28-24-48-20-16-44-12-8-40/h35-36H,1-34H2. The zero-order chi connectivity index (χ0) is 34.4. The van der Waals surface area contributed by atoms with E-state index in [4.69, 9.17) is 47.4 Å². The molecule has 0 N–H and O–H groups in total. The molecule has 2 saturated heterocycles. The Hall–Kier alpha value is -0.480. The molecule has 6 rings (SSSR count). The molecule has 0 unspecified atom stereocenters. The molecular formula is C38H70N2O10. The van der Waals surface area contributed by atoms with E-state index < -0.39 is 0 Å². The van der Waals surface area contributed by atoms with Gasteiger partial charge >= 0.3 is 0 Å². The number of hydrogen-bond donors (Lipinski definition) is 0. The van der Waals surface area contributed by atoms with Crippen molar-refractivity contribution in [3.8, 4) is 0 Å². The maximum Gasteiger partial charge on any atom is 0.0701 e. The zero-order valence-corrected chi connectivity index (χ0v) is 31.2. The second-order valence-electron chi connectivity index (χ2n) is 15.3. The summed E-state index contributed by atoms with van der Waals surface area (Å²) in [5.41, 5.74) is 0.957. The maximum atomic E-state index is 5.98. The van der Waals surface area contributed by atoms with Crippen molar-refractivity contribution in [3.63, 3.8) is 0 Å². The molecule has 292 valence electrons. The molecule has 12 heteroatoms. The van der Waals surface area contributed by atoms with Crippen LogP contribution >= 0.6 is 0 Å². The summed E-state index contributed by atoms with van der Waals surface area (Å²) >= 11 is 0. The van der Waals surface area contributed by atoms with E-state index in [1.165, 1.54) is 51.4 Å². The summed E-state index contributed by atoms with van der Waals surface area (Å²) < 4.78 is 57.6. The van der Waals surface area contributed by atoms with Crippen LogP contribution in [0.4, 0.5) is 0 Å². The van der Waals surface area contributed by atoms with Crippen LogP contribution < -0.4 is 0 Å². The van der Waals surface area contributed by atoms with Crippen molar-refractivity contribution in [2.24, 2.45) is 22.7 Å². The van der Waals surface area contributed by atoms with Crippen molar-refractivity contribution >= 4 is 0 Å². The van der Waals surface area contributed by atoms with Gasteiger partial charge in [0.1, 0.15) is 0 Å². The molecule has 4 bridgehead atoms. The van der Waals surface area contributed by atoms with E-state index in [1.807, 2.05) is 0 Å². The highest BCUT2D eigenvalue weighted by atomic mass is 16.6. The lowest BCUT2D eigenvalue weighted by atomic mass is 9.43. The summed E-state index contributed by atoms with van der Waals surface area (Å²) in [5.74, 6) is 1.79. The molecule has 0 radical (unpaired) electrons. The van der Waals surface area contributed by atoms with Gasteiger partial charge in [-0.1, -0.05) is 0 Å². The minimum absolute atomic E-state index is 0.478. The van der Waals surface area contributed by atoms with Crippen LogP contribution in [0.3, 0.4) is 0 Å². The van der Waals surface area contributed by atoms with Gasteiger partial charge in [-0.3, -0.25) is 9.80 Å². The summed E-state index contributed by atoms with van der Waals surface area (Å²) in [6.07, 6.45) is 11.1. The zero-order valence-electron chi connectivity index (χ0n) is 31.2. The molecule has 0 aromatic rings. The van der Waals surface area contributed by atoms with Gasteiger partial charge in [0.15, 0.2) is 0 Å². The average molecular weight is 715 g/mol. The van der Waals surface area contributed by atoms with E-state index in [1.54, 1.807) is 0 Å². The predicted molar refractivity (Wildman–Crippen MR) is 190 cm³/mol. The Morgan fingerprint density at radius 3 is 0.840 bits per heavy atom. The van der Waals surface area contributed by atoms with Gasteiger partial charge in [0, 0.05) is 26.2 Å². The van der Waals surface area contributed by atoms with Crippen molar-refractivity contribution in [2.45, 2.75) is 51.4 Å². The molecule has 4 saturated carbocycles. The van der Waals surface area contributed by atoms with E-state index in [0.717, 1.165) is 77.5 Å². The first-order chi connectivity index (χ1) is 24.7. The van der Waals surface area contributed by atoms with Gasteiger partial charge in [-0.05, 0) is 87.1 Å². The molecule has 4 aliphatic carbocycles. The molecule has 12 nitrogen and oxygen atoms in total. The summed E-state index contributed by atoms with van der Waals surface area (Å²) in [6, 6.07) is 0. The first kappa shape index (κ1) is 40.7. The third-order valence-electron chi connectivity index (χ3n) is 11.4. The van der Waals surface area contributed by atoms with Crippen LogP contribution in [0.1, 0.15) is 51.4 Å². The maximum absolute atomic E-state index is 5.98. The lowest BCUT2D eigenvalue weighted by molar-refractivity contribution is -0.122. The Morgan fingerprint density at radius 2 is 0.580 bits per heavy atom. The molecular weight excluding hydrogens is 644 g/mol. The topological polar surface area (TPSA) is 98.8 Å². The van der Waals surface area contributed by atoms with Crippen LogP contribution in [-0.4, -0.2) is 181 Å². The molecule has 6 aliphatic rings. The van der Waals surface area contributed by atoms with E-state index >= 15 is 0 Å². The highest BCUT2D eigenvalue weighted by molar-refractivity contribution is 5.08. The lowest BCUT2D eigenvalue weighted by Crippen LogP contribution is -2.53. The van der Waals surface area contributed by atoms with Gasteiger partial charge in [0.25, 0.3) is 0 Å². The molecule has 0 atom stereocenters. The van der Waals surface area contributed by atoms with Crippen molar-refractivity contribution < 1.29 is 47.4 Å². The Kier molecular flexibility index (Phi) is 19.6. The van der Waals surface area contributed by atoms with Crippen molar-refractivity contribution in [3.05, 3.63) is 0 Å². The number of nitrogens with zero attached hydrogens (tertiary/aromatic N) is 2. The van der Waals surface area contributed by atoms with Gasteiger partial charge in [0.2, 0.25) is 0 Å². The highest BCUT2D eigenvalue weighted by Crippen LogP contribution is 2.67. The van der Waals surface area contributed by atoms with Gasteiger partial charge in [-0.2, -0.15) is 0 Å². The second kappa shape index (κ2) is 24.0. The minimum atomic E-state index is 0.478. The van der Waals surface area contributed by atoms with E-state index in [-0.39, 0.29) is 0 Å². The molecule has 6 fully saturated rings. The van der Waals surface area contributed by atoms with Crippen LogP contribution in [0.25, 0.3) is 0 Å². The van der Waals surface area contributed by atoms with Gasteiger partial charge in [0.05, 0.1) is 132 Å². The third kappa shape index (κ3) is 15.5. The van der Waals surface area contributed by atoms with E-state index in [9.17, 15) is 0 Å². The van der Waals surface area contributed by atoms with Crippen LogP contribution in [-0.2, 0) is 47.4 Å². The van der Waals surface area contributed by atoms with Crippen LogP contribution in [0.15, 0.2) is 0 Å². The third-order valence-corrected chi connectivity index (χ3v) is 11.4. The monoisotopic (exact) mass is 715 g/mol. The summed E-state index contributed by atoms with van der Waals surface area (Å²) in [6.45, 7) is 18.5. The second-order valence-corrected chi connectivity index (χ2v) is 15.3. The first-order valence-corrected chi connectivity index (χ1v) is 19.9. The summed E-state index contributed by atoms with van der Waals surface area (Å²) in [7, 11) is 0. The quantitative estimate of drug-likeness (QED) is 0.405. The molecule has 0 spiro atoms. The van der Waals surface area contributed by atoms with Gasteiger partial charge < -0.3 is 47.4 Å². The minimum Gasteiger partial charge on any atom is -0.378 e. The number of ether oxygens (including phenoxy) is 10. The van der Waals surface area contributed by atoms with Crippen LogP contribution in [0, 0.1) is 22.7 Å². The van der Waals surface area contributed by atoms with E-state index in [0.29, 0.717) is 117 Å². The van der Waals surface area contributed by atoms with Gasteiger partial charge in [-0.25, -0.2) is 0 Å². The van der Waals surface area contributed by atoms with Crippen LogP contribution in [0.5, 0.6) is 0 Å². The lowest BCUT2D eigenvalue weighted by Gasteiger charge is -2.63. The molecule has 0 amide bonds. The van der Waals surface area contributed by atoms with Crippen molar-refractivity contribution in [1.82, 2.24) is 9.80 Å². The Morgan fingerprint density at radius 1 is 0.340 bits per heavy atom. The fraction of sp³-hybridized carbons (Fsp3) is 1.00. The largest absolute Gasteiger partial charge is 0.378 e. The van der Waals surface area contributed by atoms with Crippen molar-refractivity contribution in [1.29, 1.82) is 0 Å². The fourth-order valence-corrected chi connectivity index (χ4v) is 9.43.